The summed E-state index contributed by atoms with van der Waals surface area (Å²) in [5.41, 5.74) is 5.00. The number of nitrogens with one attached hydrogen (secondary N) is 1. The van der Waals surface area contributed by atoms with E-state index in [0.717, 1.165) is 11.5 Å². The molecule has 0 saturated heterocycles. The molecule has 1 fully saturated rings. The molecule has 0 aromatic heterocycles. The van der Waals surface area contributed by atoms with Crippen molar-refractivity contribution >= 4 is 0 Å². The number of hydrogen-bond donors (Lipinski definition) is 1. The summed E-state index contributed by atoms with van der Waals surface area (Å²) in [4.78, 5) is 1.68. The van der Waals surface area contributed by atoms with Crippen LogP contribution in [0.2, 0.25) is 0 Å². The van der Waals surface area contributed by atoms with Crippen LogP contribution in [0.3, 0.4) is 0 Å². The van der Waals surface area contributed by atoms with Gasteiger partial charge in [0.25, 0.3) is 0 Å². The molecule has 0 radical (unpaired) electrons. The zero-order chi connectivity index (χ0) is 15.3. The predicted molar refractivity (Wildman–Crippen MR) is 87.1 cm³/mol. The lowest BCUT2D eigenvalue weighted by molar-refractivity contribution is -0.914. The highest BCUT2D eigenvalue weighted by molar-refractivity contribution is 5.61. The minimum Gasteiger partial charge on any atom is -0.493 e. The lowest BCUT2D eigenvalue weighted by Crippen LogP contribution is -3.10. The monoisotopic (exact) mass is 302 g/mol. The van der Waals surface area contributed by atoms with Crippen molar-refractivity contribution < 1.29 is 14.4 Å². The van der Waals surface area contributed by atoms with Crippen molar-refractivity contribution in [2.45, 2.75) is 56.4 Å². The van der Waals surface area contributed by atoms with Crippen molar-refractivity contribution in [1.82, 2.24) is 0 Å². The first kappa shape index (κ1) is 14.4. The quantitative estimate of drug-likeness (QED) is 0.907. The first-order valence-electron chi connectivity index (χ1n) is 8.81. The minimum absolute atomic E-state index is 0.346. The Kier molecular flexibility index (Phi) is 3.37. The van der Waals surface area contributed by atoms with E-state index >= 15 is 0 Å². The van der Waals surface area contributed by atoms with Gasteiger partial charge >= 0.3 is 0 Å². The average Bonchev–Trinajstić information content (AvgIpc) is 2.87. The van der Waals surface area contributed by atoms with E-state index in [1.807, 2.05) is 7.11 Å². The summed E-state index contributed by atoms with van der Waals surface area (Å²) in [5, 5.41) is 0. The molecule has 1 spiro atoms. The van der Waals surface area contributed by atoms with Gasteiger partial charge in [-0.3, -0.25) is 0 Å². The Morgan fingerprint density at radius 2 is 1.91 bits per heavy atom. The summed E-state index contributed by atoms with van der Waals surface area (Å²) in [5.74, 6) is 1.97. The number of hydrogen-bond acceptors (Lipinski definition) is 2. The zero-order valence-corrected chi connectivity index (χ0v) is 14.1. The third-order valence-corrected chi connectivity index (χ3v) is 6.46. The Morgan fingerprint density at radius 1 is 1.14 bits per heavy atom. The molecule has 3 nitrogen and oxygen atoms in total. The van der Waals surface area contributed by atoms with Gasteiger partial charge in [-0.15, -0.1) is 0 Å². The fourth-order valence-electron chi connectivity index (χ4n) is 5.40. The second-order valence-electron chi connectivity index (χ2n) is 7.50. The molecule has 3 heteroatoms. The van der Waals surface area contributed by atoms with E-state index in [4.69, 9.17) is 9.47 Å². The number of likely N-dealkylation sites (N-methyl/N-ethyl adjacent to an activating group) is 1. The van der Waals surface area contributed by atoms with E-state index in [2.05, 4.69) is 13.1 Å². The lowest BCUT2D eigenvalue weighted by atomic mass is 9.69. The van der Waals surface area contributed by atoms with Crippen molar-refractivity contribution in [3.63, 3.8) is 0 Å². The molecule has 0 amide bonds. The van der Waals surface area contributed by atoms with Crippen LogP contribution in [0.4, 0.5) is 0 Å². The number of fused-ring (bicyclic) bond motifs is 1. The number of methoxy groups -OCH3 is 2. The van der Waals surface area contributed by atoms with E-state index in [1.165, 1.54) is 62.6 Å². The standard InChI is InChI=1S/C19H27NO2/c1-20-10-7-13-11-15(21-2)18(22-3)17-16(13)14(20)12-19(17)8-5-4-6-9-19/h11,14H,4-10,12H2,1-3H3/p+1/t14-/m0/s1. The largest absolute Gasteiger partial charge is 0.493 e. The molecule has 22 heavy (non-hydrogen) atoms. The smallest absolute Gasteiger partial charge is 0.164 e. The lowest BCUT2D eigenvalue weighted by Gasteiger charge is -2.35. The molecule has 1 unspecified atom stereocenters. The van der Waals surface area contributed by atoms with Crippen molar-refractivity contribution in [2.24, 2.45) is 0 Å². The second kappa shape index (κ2) is 5.16. The number of quaternary nitrogens is 1. The van der Waals surface area contributed by atoms with E-state index in [9.17, 15) is 0 Å². The van der Waals surface area contributed by atoms with Gasteiger partial charge in [0.2, 0.25) is 0 Å². The van der Waals surface area contributed by atoms with E-state index in [-0.39, 0.29) is 0 Å². The highest BCUT2D eigenvalue weighted by atomic mass is 16.5. The van der Waals surface area contributed by atoms with Crippen LogP contribution < -0.4 is 14.4 Å². The Labute approximate surface area is 133 Å². The maximum Gasteiger partial charge on any atom is 0.164 e. The summed E-state index contributed by atoms with van der Waals surface area (Å²) >= 11 is 0. The predicted octanol–water partition coefficient (Wildman–Crippen LogP) is 2.42. The van der Waals surface area contributed by atoms with Gasteiger partial charge in [0.1, 0.15) is 6.04 Å². The van der Waals surface area contributed by atoms with Gasteiger partial charge in [0.15, 0.2) is 11.5 Å². The second-order valence-corrected chi connectivity index (χ2v) is 7.50. The highest BCUT2D eigenvalue weighted by Crippen LogP contribution is 2.58. The molecule has 4 rings (SSSR count). The molecule has 1 aliphatic heterocycles. The number of benzene rings is 1. The summed E-state index contributed by atoms with van der Waals surface area (Å²) in [6.45, 7) is 1.24. The SMILES string of the molecule is COc1cc2c3c(c1OC)C1(CCCCC1)C[C@@H]3[NH+](C)CC2. The van der Waals surface area contributed by atoms with Crippen LogP contribution in [-0.2, 0) is 11.8 Å². The molecule has 2 aliphatic carbocycles. The topological polar surface area (TPSA) is 22.9 Å². The average molecular weight is 302 g/mol. The first-order chi connectivity index (χ1) is 10.7. The summed E-state index contributed by atoms with van der Waals surface area (Å²) in [7, 11) is 5.96. The fourth-order valence-corrected chi connectivity index (χ4v) is 5.40. The third kappa shape index (κ3) is 1.84. The fraction of sp³-hybridized carbons (Fsp3) is 0.684. The molecule has 1 aromatic carbocycles. The Balaban J connectivity index is 1.97. The molecule has 2 atom stereocenters. The van der Waals surface area contributed by atoms with Crippen LogP contribution in [0, 0.1) is 0 Å². The molecule has 1 aromatic rings. The molecule has 1 heterocycles. The maximum absolute atomic E-state index is 5.88. The molecule has 0 bridgehead atoms. The summed E-state index contributed by atoms with van der Waals surface area (Å²) in [6, 6.07) is 2.91. The highest BCUT2D eigenvalue weighted by Gasteiger charge is 2.52. The first-order valence-corrected chi connectivity index (χ1v) is 8.81. The molecule has 1 N–H and O–H groups in total. The number of ether oxygens (including phenoxy) is 2. The van der Waals surface area contributed by atoms with Crippen LogP contribution in [0.1, 0.15) is 61.3 Å². The van der Waals surface area contributed by atoms with E-state index < -0.39 is 0 Å². The van der Waals surface area contributed by atoms with Gasteiger partial charge in [-0.2, -0.15) is 0 Å². The van der Waals surface area contributed by atoms with Crippen LogP contribution >= 0.6 is 0 Å². The van der Waals surface area contributed by atoms with Gasteiger partial charge in [0, 0.05) is 29.4 Å². The van der Waals surface area contributed by atoms with Crippen LogP contribution in [0.5, 0.6) is 11.5 Å². The van der Waals surface area contributed by atoms with Crippen molar-refractivity contribution in [3.8, 4) is 11.5 Å². The Bertz CT molecular complexity index is 590. The molecule has 1 saturated carbocycles. The number of rotatable bonds is 2. The summed E-state index contributed by atoms with van der Waals surface area (Å²) < 4.78 is 11.6. The van der Waals surface area contributed by atoms with Gasteiger partial charge in [-0.1, -0.05) is 19.3 Å². The van der Waals surface area contributed by atoms with E-state index in [1.54, 1.807) is 17.6 Å². The molecule has 3 aliphatic rings. The Hall–Kier alpha value is -1.22. The Morgan fingerprint density at radius 3 is 2.59 bits per heavy atom. The molecule has 120 valence electrons. The van der Waals surface area contributed by atoms with Crippen molar-refractivity contribution in [1.29, 1.82) is 0 Å². The van der Waals surface area contributed by atoms with Gasteiger partial charge in [-0.25, -0.2) is 0 Å². The van der Waals surface area contributed by atoms with Crippen LogP contribution in [0.15, 0.2) is 6.07 Å². The van der Waals surface area contributed by atoms with Crippen molar-refractivity contribution in [2.75, 3.05) is 27.8 Å². The maximum atomic E-state index is 5.88. The molecular formula is C19H28NO2+. The van der Waals surface area contributed by atoms with Crippen LogP contribution in [-0.4, -0.2) is 27.8 Å². The molecular weight excluding hydrogens is 274 g/mol. The third-order valence-electron chi connectivity index (χ3n) is 6.46. The van der Waals surface area contributed by atoms with Crippen molar-refractivity contribution in [3.05, 3.63) is 22.8 Å². The van der Waals surface area contributed by atoms with Gasteiger partial charge in [0.05, 0.1) is 27.8 Å². The van der Waals surface area contributed by atoms with Gasteiger partial charge < -0.3 is 14.4 Å². The minimum atomic E-state index is 0.346. The zero-order valence-electron chi connectivity index (χ0n) is 14.1. The van der Waals surface area contributed by atoms with Gasteiger partial charge in [-0.05, 0) is 24.5 Å². The normalized spacial score (nSPS) is 28.5. The van der Waals surface area contributed by atoms with E-state index in [0.29, 0.717) is 11.5 Å². The van der Waals surface area contributed by atoms with Crippen LogP contribution in [0.25, 0.3) is 0 Å². The summed E-state index contributed by atoms with van der Waals surface area (Å²) in [6.07, 6.45) is 9.25.